The number of aliphatic hydroxyl groups is 1. The minimum absolute atomic E-state index is 0.190. The van der Waals surface area contributed by atoms with E-state index in [1.807, 2.05) is 19.2 Å². The van der Waals surface area contributed by atoms with Gasteiger partial charge in [0.2, 0.25) is 0 Å². The second-order valence-electron chi connectivity index (χ2n) is 8.05. The lowest BCUT2D eigenvalue weighted by molar-refractivity contribution is 0.111. The number of aliphatic hydroxyl groups excluding tert-OH is 1. The summed E-state index contributed by atoms with van der Waals surface area (Å²) in [7, 11) is 0. The lowest BCUT2D eigenvalue weighted by atomic mass is 9.93. The first-order chi connectivity index (χ1) is 14.2. The lowest BCUT2D eigenvalue weighted by Gasteiger charge is -2.27. The Bertz CT molecular complexity index is 1120. The molecule has 0 amide bonds. The van der Waals surface area contributed by atoms with Crippen LogP contribution >= 0.6 is 0 Å². The first-order valence-corrected chi connectivity index (χ1v) is 10.2. The number of nitriles is 1. The molecule has 3 aromatic rings. The molecule has 1 saturated carbocycles. The quantitative estimate of drug-likeness (QED) is 0.689. The van der Waals surface area contributed by atoms with Crippen molar-refractivity contribution in [3.63, 3.8) is 0 Å². The number of anilines is 1. The van der Waals surface area contributed by atoms with Gasteiger partial charge in [0.05, 0.1) is 29.6 Å². The van der Waals surface area contributed by atoms with E-state index < -0.39 is 0 Å². The van der Waals surface area contributed by atoms with Gasteiger partial charge in [-0.15, -0.1) is 0 Å². The van der Waals surface area contributed by atoms with E-state index in [1.165, 1.54) is 0 Å². The number of nitrogens with zero attached hydrogens (tertiary/aromatic N) is 3. The Hall–Kier alpha value is -3.04. The Kier molecular flexibility index (Phi) is 4.40. The molecule has 1 fully saturated rings. The highest BCUT2D eigenvalue weighted by molar-refractivity contribution is 5.99. The number of nitrogens with one attached hydrogen (secondary N) is 1. The van der Waals surface area contributed by atoms with Crippen LogP contribution in [0.5, 0.6) is 5.75 Å². The Morgan fingerprint density at radius 3 is 2.83 bits per heavy atom. The van der Waals surface area contributed by atoms with Gasteiger partial charge >= 0.3 is 0 Å². The van der Waals surface area contributed by atoms with Crippen LogP contribution in [0.2, 0.25) is 0 Å². The molecule has 0 saturated heterocycles. The highest BCUT2D eigenvalue weighted by Gasteiger charge is 2.25. The second-order valence-corrected chi connectivity index (χ2v) is 8.05. The number of fused-ring (bicyclic) bond motifs is 2. The minimum atomic E-state index is -0.190. The summed E-state index contributed by atoms with van der Waals surface area (Å²) >= 11 is 0. The fourth-order valence-electron chi connectivity index (χ4n) is 4.63. The Balaban J connectivity index is 1.73. The molecule has 0 spiro atoms. The van der Waals surface area contributed by atoms with Crippen LogP contribution in [0.1, 0.15) is 42.9 Å². The third kappa shape index (κ3) is 3.02. The summed E-state index contributed by atoms with van der Waals surface area (Å²) in [5.74, 6) is 0.823. The van der Waals surface area contributed by atoms with Gasteiger partial charge in [-0.2, -0.15) is 5.26 Å². The largest absolute Gasteiger partial charge is 0.489 e. The van der Waals surface area contributed by atoms with Crippen molar-refractivity contribution < 1.29 is 9.84 Å². The predicted octanol–water partition coefficient (Wildman–Crippen LogP) is 4.16. The summed E-state index contributed by atoms with van der Waals surface area (Å²) in [4.78, 5) is 4.42. The van der Waals surface area contributed by atoms with Gasteiger partial charge in [-0.05, 0) is 50.3 Å². The zero-order valence-electron chi connectivity index (χ0n) is 16.5. The molecule has 0 atom stereocenters. The lowest BCUT2D eigenvalue weighted by Crippen LogP contribution is -2.20. The number of hydrogen-bond acceptors (Lipinski definition) is 5. The molecule has 0 bridgehead atoms. The van der Waals surface area contributed by atoms with Gasteiger partial charge in [-0.25, -0.2) is 0 Å². The third-order valence-electron chi connectivity index (χ3n) is 6.21. The molecule has 2 N–H and O–H groups in total. The van der Waals surface area contributed by atoms with Crippen LogP contribution in [0, 0.1) is 18.3 Å². The number of hydrogen-bond donors (Lipinski definition) is 2. The van der Waals surface area contributed by atoms with Crippen LogP contribution in [0.25, 0.3) is 22.0 Å². The van der Waals surface area contributed by atoms with E-state index in [-0.39, 0.29) is 6.10 Å². The average Bonchev–Trinajstić information content (AvgIpc) is 3.11. The summed E-state index contributed by atoms with van der Waals surface area (Å²) in [6.07, 6.45) is 9.19. The SMILES string of the molecule is Cc1cc2c(cc1C#N)c(-c1cncc3c1OCCN3)cn2[C@H]1CC[C@H](O)CC1. The van der Waals surface area contributed by atoms with Crippen LogP contribution < -0.4 is 10.1 Å². The zero-order valence-corrected chi connectivity index (χ0v) is 16.5. The third-order valence-corrected chi connectivity index (χ3v) is 6.21. The Morgan fingerprint density at radius 2 is 2.03 bits per heavy atom. The van der Waals surface area contributed by atoms with Gasteiger partial charge < -0.3 is 19.7 Å². The number of aromatic nitrogens is 2. The molecule has 2 aromatic heterocycles. The maximum absolute atomic E-state index is 9.94. The van der Waals surface area contributed by atoms with Crippen LogP contribution in [-0.4, -0.2) is 33.9 Å². The van der Waals surface area contributed by atoms with Gasteiger partial charge in [0.1, 0.15) is 6.61 Å². The molecule has 0 unspecified atom stereocenters. The summed E-state index contributed by atoms with van der Waals surface area (Å²) in [6.45, 7) is 3.37. The highest BCUT2D eigenvalue weighted by Crippen LogP contribution is 2.43. The van der Waals surface area contributed by atoms with Crippen molar-refractivity contribution in [2.24, 2.45) is 0 Å². The van der Waals surface area contributed by atoms with E-state index in [2.05, 4.69) is 33.2 Å². The summed E-state index contributed by atoms with van der Waals surface area (Å²) in [5.41, 5.74) is 5.68. The molecule has 6 nitrogen and oxygen atoms in total. The van der Waals surface area contributed by atoms with Crippen molar-refractivity contribution >= 4 is 16.6 Å². The molecule has 1 aliphatic heterocycles. The summed E-state index contributed by atoms with van der Waals surface area (Å²) < 4.78 is 8.33. The molecule has 29 heavy (non-hydrogen) atoms. The number of benzene rings is 1. The molecular weight excluding hydrogens is 364 g/mol. The van der Waals surface area contributed by atoms with Crippen molar-refractivity contribution in [1.82, 2.24) is 9.55 Å². The van der Waals surface area contributed by atoms with Gasteiger partial charge in [0.25, 0.3) is 0 Å². The summed E-state index contributed by atoms with van der Waals surface area (Å²) in [6, 6.07) is 6.77. The van der Waals surface area contributed by atoms with Crippen molar-refractivity contribution in [1.29, 1.82) is 5.26 Å². The van der Waals surface area contributed by atoms with Crippen LogP contribution in [0.3, 0.4) is 0 Å². The molecule has 1 aliphatic carbocycles. The van der Waals surface area contributed by atoms with Crippen LogP contribution in [0.4, 0.5) is 5.69 Å². The Labute approximate surface area is 169 Å². The fourth-order valence-corrected chi connectivity index (χ4v) is 4.63. The fraction of sp³-hybridized carbons (Fsp3) is 0.391. The maximum atomic E-state index is 9.94. The van der Waals surface area contributed by atoms with Crippen molar-refractivity contribution in [3.8, 4) is 22.9 Å². The summed E-state index contributed by atoms with van der Waals surface area (Å²) in [5, 5.41) is 23.9. The maximum Gasteiger partial charge on any atom is 0.153 e. The van der Waals surface area contributed by atoms with E-state index in [9.17, 15) is 10.4 Å². The standard InChI is InChI=1S/C23H24N4O2/c1-14-8-22-18(9-15(14)10-24)20(13-27(22)16-2-4-17(28)5-3-16)19-11-25-12-21-23(19)29-7-6-26-21/h8-9,11-13,16-17,26,28H,2-7H2,1H3/t16-,17-. The van der Waals surface area contributed by atoms with Gasteiger partial charge in [-0.3, -0.25) is 4.98 Å². The highest BCUT2D eigenvalue weighted by atomic mass is 16.5. The van der Waals surface area contributed by atoms with Gasteiger partial charge in [0, 0.05) is 47.0 Å². The minimum Gasteiger partial charge on any atom is -0.489 e. The normalized spacial score (nSPS) is 21.1. The van der Waals surface area contributed by atoms with E-state index in [1.54, 1.807) is 6.20 Å². The van der Waals surface area contributed by atoms with E-state index in [0.29, 0.717) is 18.2 Å². The van der Waals surface area contributed by atoms with Crippen molar-refractivity contribution in [2.75, 3.05) is 18.5 Å². The second kappa shape index (κ2) is 7.09. The van der Waals surface area contributed by atoms with Crippen molar-refractivity contribution in [2.45, 2.75) is 44.8 Å². The van der Waals surface area contributed by atoms with Crippen LogP contribution in [-0.2, 0) is 0 Å². The molecule has 5 rings (SSSR count). The van der Waals surface area contributed by atoms with Gasteiger partial charge in [0.15, 0.2) is 5.75 Å². The monoisotopic (exact) mass is 388 g/mol. The smallest absolute Gasteiger partial charge is 0.153 e. The van der Waals surface area contributed by atoms with Gasteiger partial charge in [-0.1, -0.05) is 0 Å². The Morgan fingerprint density at radius 1 is 1.21 bits per heavy atom. The number of rotatable bonds is 2. The number of aryl methyl sites for hydroxylation is 1. The molecule has 2 aliphatic rings. The predicted molar refractivity (Wildman–Crippen MR) is 112 cm³/mol. The van der Waals surface area contributed by atoms with E-state index in [4.69, 9.17) is 4.74 Å². The molecule has 148 valence electrons. The number of pyridine rings is 1. The number of ether oxygens (including phenoxy) is 1. The zero-order chi connectivity index (χ0) is 20.0. The molecular formula is C23H24N4O2. The molecule has 6 heteroatoms. The molecule has 1 aromatic carbocycles. The topological polar surface area (TPSA) is 83.1 Å². The van der Waals surface area contributed by atoms with Crippen LogP contribution in [0.15, 0.2) is 30.7 Å². The van der Waals surface area contributed by atoms with E-state index in [0.717, 1.165) is 71.3 Å². The van der Waals surface area contributed by atoms with E-state index >= 15 is 0 Å². The first kappa shape index (κ1) is 18.0. The van der Waals surface area contributed by atoms with Crippen molar-refractivity contribution in [3.05, 3.63) is 41.9 Å². The molecule has 3 heterocycles. The average molecular weight is 388 g/mol. The first-order valence-electron chi connectivity index (χ1n) is 10.2. The molecule has 0 radical (unpaired) electrons.